The van der Waals surface area contributed by atoms with Gasteiger partial charge in [-0.3, -0.25) is 4.79 Å². The first-order valence-electron chi connectivity index (χ1n) is 6.04. The van der Waals surface area contributed by atoms with Crippen LogP contribution in [0.1, 0.15) is 22.8 Å². The van der Waals surface area contributed by atoms with Crippen LogP contribution >= 0.6 is 11.6 Å². The Balaban J connectivity index is 2.16. The van der Waals surface area contributed by atoms with Crippen molar-refractivity contribution >= 4 is 17.4 Å². The summed E-state index contributed by atoms with van der Waals surface area (Å²) in [5.41, 5.74) is 1.41. The smallest absolute Gasteiger partial charge is 0.161 e. The number of carbonyl (C=O) groups excluding carboxylic acids is 1. The highest BCUT2D eigenvalue weighted by atomic mass is 35.5. The fourth-order valence-electron chi connectivity index (χ4n) is 1.75. The van der Waals surface area contributed by atoms with Gasteiger partial charge in [-0.2, -0.15) is 5.26 Å². The van der Waals surface area contributed by atoms with Crippen molar-refractivity contribution in [3.63, 3.8) is 0 Å². The normalized spacial score (nSPS) is 9.85. The van der Waals surface area contributed by atoms with Crippen LogP contribution < -0.4 is 4.74 Å². The Morgan fingerprint density at radius 2 is 1.85 bits per heavy atom. The van der Waals surface area contributed by atoms with Gasteiger partial charge in [0.2, 0.25) is 0 Å². The number of halogens is 1. The van der Waals surface area contributed by atoms with Crippen LogP contribution in [0.3, 0.4) is 0 Å². The predicted molar refractivity (Wildman–Crippen MR) is 77.3 cm³/mol. The highest BCUT2D eigenvalue weighted by Crippen LogP contribution is 2.27. The number of nitrogens with zero attached hydrogens (tertiary/aromatic N) is 1. The maximum atomic E-state index is 11.3. The lowest BCUT2D eigenvalue weighted by molar-refractivity contribution is 0.101. The lowest BCUT2D eigenvalue weighted by Crippen LogP contribution is -1.94. The predicted octanol–water partition coefficient (Wildman–Crippen LogP) is 4.40. The van der Waals surface area contributed by atoms with Gasteiger partial charge in [-0.25, -0.2) is 0 Å². The maximum Gasteiger partial charge on any atom is 0.161 e. The molecule has 0 heterocycles. The molecule has 0 aromatic heterocycles. The Hall–Kier alpha value is -2.31. The Kier molecular flexibility index (Phi) is 4.39. The molecule has 0 N–H and O–H groups in total. The molecule has 0 spiro atoms. The van der Waals surface area contributed by atoms with E-state index in [4.69, 9.17) is 21.6 Å². The number of benzene rings is 2. The molecular formula is C16H12ClNO2. The van der Waals surface area contributed by atoms with Crippen molar-refractivity contribution in [1.82, 2.24) is 0 Å². The van der Waals surface area contributed by atoms with Crippen LogP contribution in [-0.4, -0.2) is 5.78 Å². The molecule has 0 aliphatic rings. The first-order chi connectivity index (χ1) is 9.60. The van der Waals surface area contributed by atoms with Crippen LogP contribution in [-0.2, 0) is 6.42 Å². The zero-order chi connectivity index (χ0) is 14.5. The van der Waals surface area contributed by atoms with E-state index in [2.05, 4.69) is 6.07 Å². The van der Waals surface area contributed by atoms with E-state index in [0.717, 1.165) is 5.56 Å². The largest absolute Gasteiger partial charge is 0.457 e. The fraction of sp³-hybridized carbons (Fsp3) is 0.125. The lowest BCUT2D eigenvalue weighted by atomic mass is 10.1. The summed E-state index contributed by atoms with van der Waals surface area (Å²) in [4.78, 5) is 11.3. The molecule has 2 rings (SSSR count). The van der Waals surface area contributed by atoms with E-state index in [0.29, 0.717) is 28.5 Å². The highest BCUT2D eigenvalue weighted by Gasteiger charge is 2.07. The first-order valence-corrected chi connectivity index (χ1v) is 6.42. The third kappa shape index (κ3) is 3.37. The Morgan fingerprint density at radius 3 is 2.40 bits per heavy atom. The number of Topliss-reactive ketones (excluding diaryl/α,β-unsaturated/α-hetero) is 1. The molecule has 2 aromatic carbocycles. The van der Waals surface area contributed by atoms with Crippen molar-refractivity contribution in [3.05, 3.63) is 58.6 Å². The van der Waals surface area contributed by atoms with Gasteiger partial charge in [-0.15, -0.1) is 0 Å². The lowest BCUT2D eigenvalue weighted by Gasteiger charge is -2.08. The third-order valence-corrected chi connectivity index (χ3v) is 3.07. The van der Waals surface area contributed by atoms with E-state index in [-0.39, 0.29) is 5.78 Å². The number of hydrogen-bond acceptors (Lipinski definition) is 3. The van der Waals surface area contributed by atoms with Gasteiger partial charge >= 0.3 is 0 Å². The quantitative estimate of drug-likeness (QED) is 0.782. The van der Waals surface area contributed by atoms with Crippen molar-refractivity contribution in [2.75, 3.05) is 0 Å². The Labute approximate surface area is 122 Å². The molecule has 4 heteroatoms. The standard InChI is InChI=1S/C16H12ClNO2/c1-11(19)15-7-6-14(10-16(15)17)20-13-4-2-12(3-5-13)8-9-18/h2-7,10H,8H2,1H3. The van der Waals surface area contributed by atoms with Crippen LogP contribution in [0.2, 0.25) is 5.02 Å². The van der Waals surface area contributed by atoms with Crippen molar-refractivity contribution in [2.24, 2.45) is 0 Å². The van der Waals surface area contributed by atoms with Gasteiger partial charge in [0.05, 0.1) is 17.5 Å². The van der Waals surface area contributed by atoms with Crippen LogP contribution in [0.15, 0.2) is 42.5 Å². The molecule has 0 saturated heterocycles. The summed E-state index contributed by atoms with van der Waals surface area (Å²) in [6.07, 6.45) is 0.374. The van der Waals surface area contributed by atoms with Crippen LogP contribution in [0.25, 0.3) is 0 Å². The second-order valence-corrected chi connectivity index (χ2v) is 4.69. The first kappa shape index (κ1) is 14.1. The van der Waals surface area contributed by atoms with E-state index >= 15 is 0 Å². The summed E-state index contributed by atoms with van der Waals surface area (Å²) in [6.45, 7) is 1.47. The second kappa shape index (κ2) is 6.23. The van der Waals surface area contributed by atoms with Gasteiger partial charge in [0, 0.05) is 11.6 Å². The summed E-state index contributed by atoms with van der Waals surface area (Å²) in [5, 5.41) is 8.97. The van der Waals surface area contributed by atoms with E-state index in [1.54, 1.807) is 30.3 Å². The van der Waals surface area contributed by atoms with Gasteiger partial charge in [0.15, 0.2) is 5.78 Å². The van der Waals surface area contributed by atoms with E-state index < -0.39 is 0 Å². The molecule has 100 valence electrons. The third-order valence-electron chi connectivity index (χ3n) is 2.76. The number of hydrogen-bond donors (Lipinski definition) is 0. The molecule has 2 aromatic rings. The van der Waals surface area contributed by atoms with Crippen LogP contribution in [0, 0.1) is 11.3 Å². The number of ether oxygens (including phenoxy) is 1. The van der Waals surface area contributed by atoms with Crippen LogP contribution in [0.4, 0.5) is 0 Å². The zero-order valence-electron chi connectivity index (χ0n) is 10.9. The summed E-state index contributed by atoms with van der Waals surface area (Å²) < 4.78 is 5.65. The minimum Gasteiger partial charge on any atom is -0.457 e. The van der Waals surface area contributed by atoms with Crippen molar-refractivity contribution in [3.8, 4) is 17.6 Å². The molecule has 0 aliphatic heterocycles. The van der Waals surface area contributed by atoms with Crippen molar-refractivity contribution < 1.29 is 9.53 Å². The fourth-order valence-corrected chi connectivity index (χ4v) is 2.05. The summed E-state index contributed by atoms with van der Waals surface area (Å²) >= 11 is 6.02. The number of carbonyl (C=O) groups is 1. The molecule has 0 fully saturated rings. The van der Waals surface area contributed by atoms with Crippen LogP contribution in [0.5, 0.6) is 11.5 Å². The zero-order valence-corrected chi connectivity index (χ0v) is 11.6. The van der Waals surface area contributed by atoms with E-state index in [1.165, 1.54) is 6.92 Å². The molecule has 0 saturated carbocycles. The molecule has 0 amide bonds. The maximum absolute atomic E-state index is 11.3. The van der Waals surface area contributed by atoms with Gasteiger partial charge in [0.25, 0.3) is 0 Å². The molecule has 3 nitrogen and oxygen atoms in total. The topological polar surface area (TPSA) is 50.1 Å². The monoisotopic (exact) mass is 285 g/mol. The summed E-state index contributed by atoms with van der Waals surface area (Å²) in [6, 6.07) is 14.3. The second-order valence-electron chi connectivity index (χ2n) is 4.28. The van der Waals surface area contributed by atoms with Gasteiger partial charge < -0.3 is 4.74 Å². The Bertz CT molecular complexity index is 672. The molecular weight excluding hydrogens is 274 g/mol. The Morgan fingerprint density at radius 1 is 1.20 bits per heavy atom. The summed E-state index contributed by atoms with van der Waals surface area (Å²) in [5.74, 6) is 1.13. The number of nitriles is 1. The number of ketones is 1. The SMILES string of the molecule is CC(=O)c1ccc(Oc2ccc(CC#N)cc2)cc1Cl. The minimum absolute atomic E-state index is 0.0811. The van der Waals surface area contributed by atoms with Crippen molar-refractivity contribution in [2.45, 2.75) is 13.3 Å². The van der Waals surface area contributed by atoms with Gasteiger partial charge in [0.1, 0.15) is 11.5 Å². The molecule has 20 heavy (non-hydrogen) atoms. The average molecular weight is 286 g/mol. The highest BCUT2D eigenvalue weighted by molar-refractivity contribution is 6.34. The molecule has 0 atom stereocenters. The van der Waals surface area contributed by atoms with Gasteiger partial charge in [-0.05, 0) is 36.8 Å². The number of rotatable bonds is 4. The van der Waals surface area contributed by atoms with Gasteiger partial charge in [-0.1, -0.05) is 23.7 Å². The summed E-state index contributed by atoms with van der Waals surface area (Å²) in [7, 11) is 0. The van der Waals surface area contributed by atoms with E-state index in [1.807, 2.05) is 12.1 Å². The molecule has 0 bridgehead atoms. The molecule has 0 unspecified atom stereocenters. The molecule has 0 aliphatic carbocycles. The van der Waals surface area contributed by atoms with Crippen molar-refractivity contribution in [1.29, 1.82) is 5.26 Å². The minimum atomic E-state index is -0.0811. The molecule has 0 radical (unpaired) electrons. The average Bonchev–Trinajstić information content (AvgIpc) is 2.41. The van der Waals surface area contributed by atoms with E-state index in [9.17, 15) is 4.79 Å².